The van der Waals surface area contributed by atoms with Crippen LogP contribution in [0.5, 0.6) is 0 Å². The van der Waals surface area contributed by atoms with Gasteiger partial charge in [-0.05, 0) is 36.7 Å². The van der Waals surface area contributed by atoms with E-state index in [1.54, 1.807) is 12.1 Å². The second-order valence-electron chi connectivity index (χ2n) is 5.54. The molecule has 0 saturated heterocycles. The first-order chi connectivity index (χ1) is 12.2. The van der Waals surface area contributed by atoms with Crippen molar-refractivity contribution in [2.45, 2.75) is 19.4 Å². The summed E-state index contributed by atoms with van der Waals surface area (Å²) in [5.41, 5.74) is 10.0. The van der Waals surface area contributed by atoms with Gasteiger partial charge in [-0.25, -0.2) is 0 Å². The van der Waals surface area contributed by atoms with E-state index >= 15 is 0 Å². The molecule has 0 aliphatic rings. The highest BCUT2D eigenvalue weighted by atomic mass is 16.5. The van der Waals surface area contributed by atoms with Gasteiger partial charge in [-0.1, -0.05) is 24.2 Å². The third-order valence-electron chi connectivity index (χ3n) is 3.40. The summed E-state index contributed by atoms with van der Waals surface area (Å²) in [6, 6.07) is 7.17. The lowest BCUT2D eigenvalue weighted by Crippen LogP contribution is -2.27. The first kappa shape index (κ1) is 20.9. The molecule has 1 atom stereocenters. The Bertz CT molecular complexity index is 544. The number of nitrogens with zero attached hydrogens (tertiary/aromatic N) is 3. The molecule has 8 nitrogen and oxygen atoms in total. The van der Waals surface area contributed by atoms with Gasteiger partial charge in [0.05, 0.1) is 26.4 Å². The number of ether oxygens (including phenoxy) is 2. The van der Waals surface area contributed by atoms with Gasteiger partial charge in [0.2, 0.25) is 0 Å². The molecule has 1 unspecified atom stereocenters. The van der Waals surface area contributed by atoms with Gasteiger partial charge in [0, 0.05) is 29.6 Å². The topological polar surface area (TPSA) is 108 Å². The van der Waals surface area contributed by atoms with Gasteiger partial charge in [0.1, 0.15) is 0 Å². The molecule has 1 rings (SSSR count). The number of carbonyl (C=O) groups is 1. The Morgan fingerprint density at radius 1 is 1.16 bits per heavy atom. The van der Waals surface area contributed by atoms with Gasteiger partial charge < -0.3 is 20.1 Å². The van der Waals surface area contributed by atoms with Crippen LogP contribution in [-0.4, -0.2) is 58.5 Å². The van der Waals surface area contributed by atoms with Crippen molar-refractivity contribution in [1.82, 2.24) is 10.6 Å². The summed E-state index contributed by atoms with van der Waals surface area (Å²) < 4.78 is 10.7. The van der Waals surface area contributed by atoms with Crippen molar-refractivity contribution in [3.05, 3.63) is 45.8 Å². The lowest BCUT2D eigenvalue weighted by atomic mass is 10.1. The number of azide groups is 1. The summed E-state index contributed by atoms with van der Waals surface area (Å²) in [6.07, 6.45) is 0.649. The Morgan fingerprint density at radius 2 is 1.80 bits per heavy atom. The number of benzene rings is 1. The highest BCUT2D eigenvalue weighted by Gasteiger charge is 2.06. The van der Waals surface area contributed by atoms with Crippen molar-refractivity contribution >= 4 is 5.91 Å². The van der Waals surface area contributed by atoms with Gasteiger partial charge in [-0.3, -0.25) is 4.79 Å². The molecule has 0 saturated carbocycles. The van der Waals surface area contributed by atoms with Crippen LogP contribution in [-0.2, 0) is 15.9 Å². The lowest BCUT2D eigenvalue weighted by molar-refractivity contribution is 0.0497. The number of hydrogen-bond acceptors (Lipinski definition) is 5. The quantitative estimate of drug-likeness (QED) is 0.245. The number of likely N-dealkylation sites (N-methyl/N-ethyl adjacent to an activating group) is 1. The van der Waals surface area contributed by atoms with E-state index in [0.717, 1.165) is 12.1 Å². The minimum atomic E-state index is -0.136. The molecule has 8 heteroatoms. The van der Waals surface area contributed by atoms with E-state index in [9.17, 15) is 4.79 Å². The van der Waals surface area contributed by atoms with Gasteiger partial charge >= 0.3 is 0 Å². The fourth-order valence-electron chi connectivity index (χ4n) is 2.10. The molecule has 0 aliphatic heterocycles. The summed E-state index contributed by atoms with van der Waals surface area (Å²) in [6.45, 7) is 5.29. The minimum absolute atomic E-state index is 0.107. The Labute approximate surface area is 148 Å². The molecular weight excluding hydrogens is 322 g/mol. The summed E-state index contributed by atoms with van der Waals surface area (Å²) in [7, 11) is 1.87. The average molecular weight is 349 g/mol. The molecule has 1 amide bonds. The third-order valence-corrected chi connectivity index (χ3v) is 3.40. The second-order valence-corrected chi connectivity index (χ2v) is 5.54. The Hall–Kier alpha value is -2.12. The lowest BCUT2D eigenvalue weighted by Gasteiger charge is -2.08. The van der Waals surface area contributed by atoms with E-state index in [0.29, 0.717) is 45.0 Å². The zero-order valence-electron chi connectivity index (χ0n) is 14.9. The molecule has 0 aromatic heterocycles. The van der Waals surface area contributed by atoms with E-state index in [-0.39, 0.29) is 11.9 Å². The van der Waals surface area contributed by atoms with E-state index in [2.05, 4.69) is 20.7 Å². The first-order valence-electron chi connectivity index (χ1n) is 8.38. The zero-order chi connectivity index (χ0) is 18.3. The molecule has 0 fully saturated rings. The monoisotopic (exact) mass is 349 g/mol. The van der Waals surface area contributed by atoms with Crippen LogP contribution in [0.4, 0.5) is 0 Å². The van der Waals surface area contributed by atoms with Gasteiger partial charge in [0.25, 0.3) is 5.91 Å². The van der Waals surface area contributed by atoms with Crippen molar-refractivity contribution in [1.29, 1.82) is 0 Å². The molecule has 0 radical (unpaired) electrons. The van der Waals surface area contributed by atoms with Crippen molar-refractivity contribution in [3.8, 4) is 0 Å². The zero-order valence-corrected chi connectivity index (χ0v) is 14.9. The average Bonchev–Trinajstić information content (AvgIpc) is 2.61. The van der Waals surface area contributed by atoms with Gasteiger partial charge in [-0.15, -0.1) is 0 Å². The van der Waals surface area contributed by atoms with Crippen molar-refractivity contribution in [3.63, 3.8) is 0 Å². The van der Waals surface area contributed by atoms with Crippen molar-refractivity contribution < 1.29 is 14.3 Å². The minimum Gasteiger partial charge on any atom is -0.378 e. The molecular formula is C17H27N5O3. The molecule has 1 aromatic carbocycles. The fourth-order valence-corrected chi connectivity index (χ4v) is 2.10. The summed E-state index contributed by atoms with van der Waals surface area (Å²) in [5, 5.41) is 9.44. The SMILES string of the molecule is CNCCOCCOCCNC(=O)c1ccc(CC(C)N=[N+]=[N-])cc1. The molecule has 0 spiro atoms. The number of hydrogen-bond donors (Lipinski definition) is 2. The van der Waals surface area contributed by atoms with Crippen LogP contribution in [0.15, 0.2) is 29.4 Å². The number of rotatable bonds is 13. The predicted octanol–water partition coefficient (Wildman–Crippen LogP) is 1.91. The van der Waals surface area contributed by atoms with Crippen molar-refractivity contribution in [2.75, 3.05) is 46.6 Å². The number of amides is 1. The van der Waals surface area contributed by atoms with Crippen LogP contribution in [0.1, 0.15) is 22.8 Å². The van der Waals surface area contributed by atoms with E-state index in [1.165, 1.54) is 0 Å². The standard InChI is InChI=1S/C17H27N5O3/c1-14(21-22-18)13-15-3-5-16(6-4-15)17(23)20-8-10-25-12-11-24-9-7-19-2/h3-6,14,19H,7-13H2,1-2H3,(H,20,23). The summed E-state index contributed by atoms with van der Waals surface area (Å²) in [5.74, 6) is -0.136. The molecule has 2 N–H and O–H groups in total. The van der Waals surface area contributed by atoms with E-state index in [4.69, 9.17) is 15.0 Å². The number of carbonyl (C=O) groups excluding carboxylic acids is 1. The maximum atomic E-state index is 12.0. The predicted molar refractivity (Wildman–Crippen MR) is 96.7 cm³/mol. The smallest absolute Gasteiger partial charge is 0.251 e. The highest BCUT2D eigenvalue weighted by molar-refractivity contribution is 5.94. The van der Waals surface area contributed by atoms with Gasteiger partial charge in [-0.2, -0.15) is 0 Å². The first-order valence-corrected chi connectivity index (χ1v) is 8.38. The third kappa shape index (κ3) is 9.69. The maximum Gasteiger partial charge on any atom is 0.251 e. The largest absolute Gasteiger partial charge is 0.378 e. The Morgan fingerprint density at radius 3 is 2.40 bits per heavy atom. The van der Waals surface area contributed by atoms with Crippen molar-refractivity contribution in [2.24, 2.45) is 5.11 Å². The van der Waals surface area contributed by atoms with Gasteiger partial charge in [0.15, 0.2) is 0 Å². The van der Waals surface area contributed by atoms with Crippen LogP contribution in [0.2, 0.25) is 0 Å². The fraction of sp³-hybridized carbons (Fsp3) is 0.588. The maximum absolute atomic E-state index is 12.0. The normalized spacial score (nSPS) is 11.6. The van der Waals surface area contributed by atoms with Crippen LogP contribution in [0, 0.1) is 0 Å². The van der Waals surface area contributed by atoms with E-state index < -0.39 is 0 Å². The molecule has 25 heavy (non-hydrogen) atoms. The molecule has 0 bridgehead atoms. The molecule has 0 heterocycles. The number of nitrogens with one attached hydrogen (secondary N) is 2. The molecule has 0 aliphatic carbocycles. The van der Waals surface area contributed by atoms with Crippen LogP contribution >= 0.6 is 0 Å². The molecule has 138 valence electrons. The van der Waals surface area contributed by atoms with Crippen LogP contribution < -0.4 is 10.6 Å². The van der Waals surface area contributed by atoms with Crippen LogP contribution in [0.3, 0.4) is 0 Å². The van der Waals surface area contributed by atoms with Crippen LogP contribution in [0.25, 0.3) is 10.4 Å². The Balaban J connectivity index is 2.19. The summed E-state index contributed by atoms with van der Waals surface area (Å²) >= 11 is 0. The highest BCUT2D eigenvalue weighted by Crippen LogP contribution is 2.08. The Kier molecular flexibility index (Phi) is 11.0. The molecule has 1 aromatic rings. The summed E-state index contributed by atoms with van der Waals surface area (Å²) in [4.78, 5) is 14.8. The second kappa shape index (κ2) is 13.2. The van der Waals surface area contributed by atoms with E-state index in [1.807, 2.05) is 26.1 Å².